The highest BCUT2D eigenvalue weighted by Gasteiger charge is 2.17. The van der Waals surface area contributed by atoms with Gasteiger partial charge in [-0.05, 0) is 40.9 Å². The number of nitrogens with two attached hydrogens (primary N) is 1. The number of rotatable bonds is 4. The second-order valence-electron chi connectivity index (χ2n) is 5.49. The number of amides is 1. The molecule has 3 heterocycles. The number of thiophene rings is 1. The van der Waals surface area contributed by atoms with Gasteiger partial charge in [0.1, 0.15) is 11.5 Å². The Morgan fingerprint density at radius 3 is 2.91 bits per heavy atom. The molecule has 3 rings (SSSR count). The van der Waals surface area contributed by atoms with E-state index in [1.807, 2.05) is 12.1 Å². The Labute approximate surface area is 134 Å². The highest BCUT2D eigenvalue weighted by Crippen LogP contribution is 2.16. The van der Waals surface area contributed by atoms with Gasteiger partial charge in [0, 0.05) is 32.7 Å². The summed E-state index contributed by atoms with van der Waals surface area (Å²) in [6.45, 7) is 4.96. The molecule has 2 aromatic rings. The Balaban J connectivity index is 1.65. The molecule has 1 aliphatic rings. The third-order valence-corrected chi connectivity index (χ3v) is 4.62. The van der Waals surface area contributed by atoms with Gasteiger partial charge in [-0.1, -0.05) is 6.07 Å². The van der Waals surface area contributed by atoms with Crippen LogP contribution >= 0.6 is 11.3 Å². The zero-order valence-corrected chi connectivity index (χ0v) is 13.3. The summed E-state index contributed by atoms with van der Waals surface area (Å²) in [7, 11) is 0. The Bertz CT molecular complexity index is 629. The van der Waals surface area contributed by atoms with E-state index in [-0.39, 0.29) is 0 Å². The third-order valence-electron chi connectivity index (χ3n) is 3.89. The van der Waals surface area contributed by atoms with Gasteiger partial charge in [-0.15, -0.1) is 0 Å². The molecule has 2 N–H and O–H groups in total. The quantitative estimate of drug-likeness (QED) is 0.936. The van der Waals surface area contributed by atoms with Gasteiger partial charge in [0.25, 0.3) is 5.91 Å². The van der Waals surface area contributed by atoms with Crippen molar-refractivity contribution in [2.75, 3.05) is 31.1 Å². The molecule has 1 aliphatic heterocycles. The fourth-order valence-electron chi connectivity index (χ4n) is 2.74. The van der Waals surface area contributed by atoms with Gasteiger partial charge < -0.3 is 10.6 Å². The average molecular weight is 316 g/mol. The summed E-state index contributed by atoms with van der Waals surface area (Å²) in [6.07, 6.45) is 1.09. The summed E-state index contributed by atoms with van der Waals surface area (Å²) in [5, 5.41) is 4.33. The lowest BCUT2D eigenvalue weighted by molar-refractivity contribution is 0.0995. The maximum Gasteiger partial charge on any atom is 0.267 e. The summed E-state index contributed by atoms with van der Waals surface area (Å²) in [6, 6.07) is 7.63. The summed E-state index contributed by atoms with van der Waals surface area (Å²) < 4.78 is 0. The van der Waals surface area contributed by atoms with Crippen LogP contribution in [0.2, 0.25) is 0 Å². The molecule has 0 radical (unpaired) electrons. The minimum Gasteiger partial charge on any atom is -0.364 e. The molecule has 22 heavy (non-hydrogen) atoms. The van der Waals surface area contributed by atoms with E-state index < -0.39 is 5.91 Å². The van der Waals surface area contributed by atoms with E-state index in [2.05, 4.69) is 31.6 Å². The molecule has 2 aromatic heterocycles. The minimum atomic E-state index is -0.476. The summed E-state index contributed by atoms with van der Waals surface area (Å²) in [5.41, 5.74) is 7.03. The van der Waals surface area contributed by atoms with Crippen LogP contribution in [0, 0.1) is 0 Å². The first kappa shape index (κ1) is 15.0. The van der Waals surface area contributed by atoms with Crippen LogP contribution in [-0.2, 0) is 6.54 Å². The van der Waals surface area contributed by atoms with E-state index in [1.54, 1.807) is 17.4 Å². The van der Waals surface area contributed by atoms with Crippen LogP contribution in [0.3, 0.4) is 0 Å². The van der Waals surface area contributed by atoms with Crippen LogP contribution in [0.25, 0.3) is 0 Å². The number of pyridine rings is 1. The largest absolute Gasteiger partial charge is 0.364 e. The fourth-order valence-corrected chi connectivity index (χ4v) is 3.40. The lowest BCUT2D eigenvalue weighted by Gasteiger charge is -2.22. The van der Waals surface area contributed by atoms with Gasteiger partial charge in [0.05, 0.1) is 0 Å². The number of primary amides is 1. The number of hydrogen-bond acceptors (Lipinski definition) is 5. The molecule has 0 unspecified atom stereocenters. The second-order valence-corrected chi connectivity index (χ2v) is 6.27. The van der Waals surface area contributed by atoms with E-state index in [1.165, 1.54) is 5.56 Å². The molecule has 0 atom stereocenters. The molecule has 0 bridgehead atoms. The lowest BCUT2D eigenvalue weighted by Crippen LogP contribution is -2.31. The van der Waals surface area contributed by atoms with Crippen molar-refractivity contribution in [3.05, 3.63) is 46.3 Å². The number of nitrogens with zero attached hydrogens (tertiary/aromatic N) is 3. The molecular weight excluding hydrogens is 296 g/mol. The Morgan fingerprint density at radius 2 is 2.14 bits per heavy atom. The number of carbonyl (C=O) groups excluding carboxylic acids is 1. The van der Waals surface area contributed by atoms with Gasteiger partial charge in [-0.25, -0.2) is 4.98 Å². The molecule has 1 amide bonds. The van der Waals surface area contributed by atoms with Crippen molar-refractivity contribution in [1.82, 2.24) is 9.88 Å². The van der Waals surface area contributed by atoms with Gasteiger partial charge in [0.2, 0.25) is 0 Å². The molecule has 0 spiro atoms. The standard InChI is InChI=1S/C16H20N4OS/c17-16(21)14-3-1-4-15(18-14)20-7-2-6-19(8-9-20)11-13-5-10-22-12-13/h1,3-5,10,12H,2,6-9,11H2,(H2,17,21). The third kappa shape index (κ3) is 3.64. The van der Waals surface area contributed by atoms with E-state index in [4.69, 9.17) is 5.73 Å². The Morgan fingerprint density at radius 1 is 1.23 bits per heavy atom. The van der Waals surface area contributed by atoms with E-state index in [0.717, 1.165) is 45.0 Å². The SMILES string of the molecule is NC(=O)c1cccc(N2CCCN(Cc3ccsc3)CC2)n1. The molecule has 1 fully saturated rings. The monoisotopic (exact) mass is 316 g/mol. The summed E-state index contributed by atoms with van der Waals surface area (Å²) >= 11 is 1.74. The summed E-state index contributed by atoms with van der Waals surface area (Å²) in [4.78, 5) is 20.3. The molecule has 0 saturated carbocycles. The maximum absolute atomic E-state index is 11.3. The van der Waals surface area contributed by atoms with Crippen molar-refractivity contribution in [2.45, 2.75) is 13.0 Å². The minimum absolute atomic E-state index is 0.330. The number of aromatic nitrogens is 1. The summed E-state index contributed by atoms with van der Waals surface area (Å²) in [5.74, 6) is 0.365. The zero-order valence-electron chi connectivity index (χ0n) is 12.4. The first-order valence-corrected chi connectivity index (χ1v) is 8.42. The van der Waals surface area contributed by atoms with Gasteiger partial charge >= 0.3 is 0 Å². The molecule has 6 heteroatoms. The lowest BCUT2D eigenvalue weighted by atomic mass is 10.3. The molecule has 5 nitrogen and oxygen atoms in total. The highest BCUT2D eigenvalue weighted by molar-refractivity contribution is 7.07. The highest BCUT2D eigenvalue weighted by atomic mass is 32.1. The van der Waals surface area contributed by atoms with E-state index in [9.17, 15) is 4.79 Å². The predicted octanol–water partition coefficient (Wildman–Crippen LogP) is 1.95. The Hall–Kier alpha value is -1.92. The van der Waals surface area contributed by atoms with Crippen LogP contribution in [0.1, 0.15) is 22.5 Å². The number of hydrogen-bond donors (Lipinski definition) is 1. The molecule has 0 aromatic carbocycles. The molecule has 0 aliphatic carbocycles. The maximum atomic E-state index is 11.3. The second kappa shape index (κ2) is 6.89. The normalized spacial score (nSPS) is 16.5. The van der Waals surface area contributed by atoms with Crippen molar-refractivity contribution in [2.24, 2.45) is 5.73 Å². The predicted molar refractivity (Wildman–Crippen MR) is 89.2 cm³/mol. The average Bonchev–Trinajstić information content (AvgIpc) is 2.92. The van der Waals surface area contributed by atoms with Crippen LogP contribution in [0.4, 0.5) is 5.82 Å². The van der Waals surface area contributed by atoms with Crippen molar-refractivity contribution in [1.29, 1.82) is 0 Å². The zero-order chi connectivity index (χ0) is 15.4. The van der Waals surface area contributed by atoms with Crippen molar-refractivity contribution in [3.8, 4) is 0 Å². The van der Waals surface area contributed by atoms with Crippen LogP contribution < -0.4 is 10.6 Å². The van der Waals surface area contributed by atoms with Crippen LogP contribution in [-0.4, -0.2) is 42.0 Å². The smallest absolute Gasteiger partial charge is 0.267 e. The van der Waals surface area contributed by atoms with E-state index in [0.29, 0.717) is 5.69 Å². The first-order valence-electron chi connectivity index (χ1n) is 7.47. The molecule has 1 saturated heterocycles. The number of carbonyl (C=O) groups is 1. The number of anilines is 1. The van der Waals surface area contributed by atoms with Gasteiger partial charge in [0.15, 0.2) is 0 Å². The topological polar surface area (TPSA) is 62.5 Å². The van der Waals surface area contributed by atoms with Crippen molar-refractivity contribution < 1.29 is 4.79 Å². The molecule has 116 valence electrons. The van der Waals surface area contributed by atoms with Gasteiger partial charge in [-0.2, -0.15) is 11.3 Å². The van der Waals surface area contributed by atoms with Crippen molar-refractivity contribution >= 4 is 23.1 Å². The van der Waals surface area contributed by atoms with Gasteiger partial charge in [-0.3, -0.25) is 9.69 Å². The van der Waals surface area contributed by atoms with Crippen LogP contribution in [0.5, 0.6) is 0 Å². The van der Waals surface area contributed by atoms with E-state index >= 15 is 0 Å². The molecular formula is C16H20N4OS. The first-order chi connectivity index (χ1) is 10.7. The fraction of sp³-hybridized carbons (Fsp3) is 0.375. The Kier molecular flexibility index (Phi) is 4.70. The van der Waals surface area contributed by atoms with Crippen molar-refractivity contribution in [3.63, 3.8) is 0 Å². The van der Waals surface area contributed by atoms with Crippen LogP contribution in [0.15, 0.2) is 35.0 Å².